The zero-order valence-electron chi connectivity index (χ0n) is 9.94. The summed E-state index contributed by atoms with van der Waals surface area (Å²) in [5.74, 6) is -0.226. The van der Waals surface area contributed by atoms with Crippen molar-refractivity contribution in [2.45, 2.75) is 0 Å². The van der Waals surface area contributed by atoms with E-state index in [-0.39, 0.29) is 5.82 Å². The molecule has 0 spiro atoms. The van der Waals surface area contributed by atoms with Gasteiger partial charge in [0.2, 0.25) is 0 Å². The molecule has 0 aliphatic carbocycles. The van der Waals surface area contributed by atoms with Gasteiger partial charge in [-0.05, 0) is 36.4 Å². The summed E-state index contributed by atoms with van der Waals surface area (Å²) in [6.45, 7) is 0. The van der Waals surface area contributed by atoms with E-state index in [0.717, 1.165) is 17.1 Å². The van der Waals surface area contributed by atoms with Crippen molar-refractivity contribution >= 4 is 17.1 Å². The van der Waals surface area contributed by atoms with E-state index in [0.29, 0.717) is 0 Å². The molecule has 0 atom stereocenters. The molecule has 0 radical (unpaired) electrons. The Morgan fingerprint density at radius 1 is 0.941 bits per heavy atom. The van der Waals surface area contributed by atoms with Crippen LogP contribution < -0.4 is 10.2 Å². The second-order valence-electron chi connectivity index (χ2n) is 4.04. The number of hydrogen-bond donors (Lipinski definition) is 1. The zero-order valence-corrected chi connectivity index (χ0v) is 9.94. The summed E-state index contributed by atoms with van der Waals surface area (Å²) in [5, 5.41) is 3.27. The van der Waals surface area contributed by atoms with Crippen molar-refractivity contribution in [3.8, 4) is 0 Å². The Morgan fingerprint density at radius 3 is 2.24 bits per heavy atom. The molecule has 2 aromatic rings. The smallest absolute Gasteiger partial charge is 0.123 e. The first-order valence-corrected chi connectivity index (χ1v) is 5.46. The number of anilines is 3. The van der Waals surface area contributed by atoms with E-state index in [1.165, 1.54) is 12.1 Å². The van der Waals surface area contributed by atoms with Crippen molar-refractivity contribution in [2.75, 3.05) is 24.3 Å². The maximum atomic E-state index is 12.8. The van der Waals surface area contributed by atoms with Gasteiger partial charge in [0.25, 0.3) is 0 Å². The monoisotopic (exact) mass is 230 g/mol. The van der Waals surface area contributed by atoms with Gasteiger partial charge in [0.05, 0.1) is 11.4 Å². The molecular weight excluding hydrogens is 215 g/mol. The molecule has 17 heavy (non-hydrogen) atoms. The Morgan fingerprint density at radius 2 is 1.59 bits per heavy atom. The van der Waals surface area contributed by atoms with Gasteiger partial charge in [-0.3, -0.25) is 0 Å². The first-order valence-electron chi connectivity index (χ1n) is 5.46. The van der Waals surface area contributed by atoms with Gasteiger partial charge in [-0.2, -0.15) is 0 Å². The van der Waals surface area contributed by atoms with Gasteiger partial charge in [0.15, 0.2) is 0 Å². The van der Waals surface area contributed by atoms with Crippen LogP contribution in [-0.4, -0.2) is 14.1 Å². The van der Waals surface area contributed by atoms with Crippen molar-refractivity contribution in [3.05, 3.63) is 54.3 Å². The second-order valence-corrected chi connectivity index (χ2v) is 4.04. The molecule has 0 unspecified atom stereocenters. The third kappa shape index (κ3) is 2.75. The quantitative estimate of drug-likeness (QED) is 0.866. The molecule has 0 saturated heterocycles. The Labute approximate surface area is 101 Å². The highest BCUT2D eigenvalue weighted by Crippen LogP contribution is 2.26. The van der Waals surface area contributed by atoms with Crippen LogP contribution in [0, 0.1) is 5.82 Å². The van der Waals surface area contributed by atoms with Crippen LogP contribution in [0.5, 0.6) is 0 Å². The summed E-state index contributed by atoms with van der Waals surface area (Å²) >= 11 is 0. The van der Waals surface area contributed by atoms with E-state index in [2.05, 4.69) is 5.32 Å². The van der Waals surface area contributed by atoms with Crippen LogP contribution in [0.4, 0.5) is 21.5 Å². The van der Waals surface area contributed by atoms with Crippen LogP contribution in [0.2, 0.25) is 0 Å². The SMILES string of the molecule is CN(C)c1ccccc1Nc1ccc(F)cc1. The lowest BCUT2D eigenvalue weighted by Crippen LogP contribution is -2.10. The highest BCUT2D eigenvalue weighted by Gasteiger charge is 2.03. The van der Waals surface area contributed by atoms with Crippen LogP contribution in [-0.2, 0) is 0 Å². The summed E-state index contributed by atoms with van der Waals surface area (Å²) in [4.78, 5) is 2.03. The summed E-state index contributed by atoms with van der Waals surface area (Å²) in [7, 11) is 3.98. The molecule has 0 saturated carbocycles. The number of hydrogen-bond acceptors (Lipinski definition) is 2. The van der Waals surface area contributed by atoms with Gasteiger partial charge in [0, 0.05) is 19.8 Å². The van der Waals surface area contributed by atoms with Crippen LogP contribution in [0.15, 0.2) is 48.5 Å². The fourth-order valence-corrected chi connectivity index (χ4v) is 1.66. The van der Waals surface area contributed by atoms with Gasteiger partial charge in [-0.1, -0.05) is 12.1 Å². The average molecular weight is 230 g/mol. The number of benzene rings is 2. The molecule has 0 amide bonds. The standard InChI is InChI=1S/C14H15FN2/c1-17(2)14-6-4-3-5-13(14)16-12-9-7-11(15)8-10-12/h3-10,16H,1-2H3. The molecule has 0 heterocycles. The van der Waals surface area contributed by atoms with Crippen molar-refractivity contribution in [3.63, 3.8) is 0 Å². The third-order valence-corrected chi connectivity index (χ3v) is 2.51. The van der Waals surface area contributed by atoms with Crippen molar-refractivity contribution in [1.82, 2.24) is 0 Å². The summed E-state index contributed by atoms with van der Waals surface area (Å²) in [6, 6.07) is 14.3. The third-order valence-electron chi connectivity index (χ3n) is 2.51. The molecule has 3 heteroatoms. The molecule has 0 aliphatic rings. The minimum atomic E-state index is -0.226. The minimum Gasteiger partial charge on any atom is -0.376 e. The van der Waals surface area contributed by atoms with Gasteiger partial charge in [-0.15, -0.1) is 0 Å². The molecule has 0 bridgehead atoms. The largest absolute Gasteiger partial charge is 0.376 e. The summed E-state index contributed by atoms with van der Waals surface area (Å²) in [6.07, 6.45) is 0. The number of halogens is 1. The lowest BCUT2D eigenvalue weighted by molar-refractivity contribution is 0.628. The normalized spacial score (nSPS) is 10.1. The van der Waals surface area contributed by atoms with Crippen LogP contribution in [0.3, 0.4) is 0 Å². The Kier molecular flexibility index (Phi) is 3.28. The van der Waals surface area contributed by atoms with Crippen LogP contribution in [0.25, 0.3) is 0 Å². The number of nitrogens with zero attached hydrogens (tertiary/aromatic N) is 1. The van der Waals surface area contributed by atoms with Crippen molar-refractivity contribution in [1.29, 1.82) is 0 Å². The Balaban J connectivity index is 2.26. The molecule has 2 aromatic carbocycles. The van der Waals surface area contributed by atoms with E-state index in [4.69, 9.17) is 0 Å². The van der Waals surface area contributed by atoms with Gasteiger partial charge in [-0.25, -0.2) is 4.39 Å². The van der Waals surface area contributed by atoms with Gasteiger partial charge in [0.1, 0.15) is 5.82 Å². The lowest BCUT2D eigenvalue weighted by atomic mass is 10.2. The molecule has 0 aliphatic heterocycles. The maximum absolute atomic E-state index is 12.8. The van der Waals surface area contributed by atoms with Gasteiger partial charge < -0.3 is 10.2 Å². The predicted molar refractivity (Wildman–Crippen MR) is 70.5 cm³/mol. The maximum Gasteiger partial charge on any atom is 0.123 e. The summed E-state index contributed by atoms with van der Waals surface area (Å²) in [5.41, 5.74) is 2.97. The first kappa shape index (κ1) is 11.5. The highest BCUT2D eigenvalue weighted by atomic mass is 19.1. The first-order chi connectivity index (χ1) is 8.16. The number of rotatable bonds is 3. The topological polar surface area (TPSA) is 15.3 Å². The molecular formula is C14H15FN2. The van der Waals surface area contributed by atoms with E-state index in [9.17, 15) is 4.39 Å². The van der Waals surface area contributed by atoms with E-state index in [1.807, 2.05) is 43.3 Å². The second kappa shape index (κ2) is 4.87. The molecule has 0 fully saturated rings. The fraction of sp³-hybridized carbons (Fsp3) is 0.143. The van der Waals surface area contributed by atoms with E-state index >= 15 is 0 Å². The number of nitrogens with one attached hydrogen (secondary N) is 1. The highest BCUT2D eigenvalue weighted by molar-refractivity contribution is 5.74. The van der Waals surface area contributed by atoms with E-state index < -0.39 is 0 Å². The Hall–Kier alpha value is -2.03. The zero-order chi connectivity index (χ0) is 12.3. The molecule has 0 aromatic heterocycles. The lowest BCUT2D eigenvalue weighted by Gasteiger charge is -2.18. The average Bonchev–Trinajstić information content (AvgIpc) is 2.32. The molecule has 88 valence electrons. The van der Waals surface area contributed by atoms with Gasteiger partial charge >= 0.3 is 0 Å². The van der Waals surface area contributed by atoms with Crippen molar-refractivity contribution in [2.24, 2.45) is 0 Å². The van der Waals surface area contributed by atoms with E-state index in [1.54, 1.807) is 12.1 Å². The minimum absolute atomic E-state index is 0.226. The summed E-state index contributed by atoms with van der Waals surface area (Å²) < 4.78 is 12.8. The molecule has 2 nitrogen and oxygen atoms in total. The van der Waals surface area contributed by atoms with Crippen LogP contribution in [0.1, 0.15) is 0 Å². The fourth-order valence-electron chi connectivity index (χ4n) is 1.66. The van der Waals surface area contributed by atoms with Crippen molar-refractivity contribution < 1.29 is 4.39 Å². The van der Waals surface area contributed by atoms with Crippen LogP contribution >= 0.6 is 0 Å². The number of para-hydroxylation sites is 2. The molecule has 1 N–H and O–H groups in total. The predicted octanol–water partition coefficient (Wildman–Crippen LogP) is 3.64. The Bertz CT molecular complexity index is 492. The molecule has 2 rings (SSSR count).